The van der Waals surface area contributed by atoms with Crippen LogP contribution >= 0.6 is 0 Å². The van der Waals surface area contributed by atoms with Crippen molar-refractivity contribution in [1.82, 2.24) is 0 Å². The molecule has 130 valence electrons. The number of piperidine rings is 1. The number of nitrogens with one attached hydrogen (secondary N) is 1. The molecule has 2 rings (SSSR count). The van der Waals surface area contributed by atoms with Gasteiger partial charge < -0.3 is 20.4 Å². The Morgan fingerprint density at radius 1 is 1.35 bits per heavy atom. The summed E-state index contributed by atoms with van der Waals surface area (Å²) in [6.45, 7) is 5.96. The van der Waals surface area contributed by atoms with Crippen LogP contribution < -0.4 is 10.2 Å². The fraction of sp³-hybridized carbons (Fsp3) is 0.588. The summed E-state index contributed by atoms with van der Waals surface area (Å²) in [5.74, 6) is -0.870. The zero-order valence-corrected chi connectivity index (χ0v) is 13.9. The number of aliphatic carboxylic acids is 1. The van der Waals surface area contributed by atoms with E-state index in [0.717, 1.165) is 25.9 Å². The van der Waals surface area contributed by atoms with E-state index in [1.807, 2.05) is 18.7 Å². The number of carbonyl (C=O) groups is 1. The van der Waals surface area contributed by atoms with E-state index in [2.05, 4.69) is 5.32 Å². The van der Waals surface area contributed by atoms with Gasteiger partial charge in [-0.3, -0.25) is 4.79 Å². The Balaban J connectivity index is 0.00000127. The summed E-state index contributed by atoms with van der Waals surface area (Å²) < 4.78 is 14.2. The van der Waals surface area contributed by atoms with Gasteiger partial charge in [-0.2, -0.15) is 0 Å². The summed E-state index contributed by atoms with van der Waals surface area (Å²) >= 11 is 0. The van der Waals surface area contributed by atoms with Crippen LogP contribution in [-0.4, -0.2) is 42.4 Å². The van der Waals surface area contributed by atoms with Crippen molar-refractivity contribution in [2.24, 2.45) is 5.92 Å². The molecule has 1 saturated heterocycles. The Morgan fingerprint density at radius 2 is 2.00 bits per heavy atom. The van der Waals surface area contributed by atoms with Crippen LogP contribution in [0.3, 0.4) is 0 Å². The third-order valence-electron chi connectivity index (χ3n) is 3.83. The molecule has 1 fully saturated rings. The standard InChI is InChI=1S/C15H21FN2O3.C2H6/c16-13-9-12(17-6-3-15(20)21)1-2-14(13)18-7-4-11(10-19)5-8-18;1-2/h1-2,9,11,17,19H,3-8,10H2,(H,20,21);1-2H3. The van der Waals surface area contributed by atoms with Crippen molar-refractivity contribution >= 4 is 17.3 Å². The number of aliphatic hydroxyl groups is 1. The number of carboxylic acids is 1. The van der Waals surface area contributed by atoms with Crippen molar-refractivity contribution in [2.75, 3.05) is 36.5 Å². The topological polar surface area (TPSA) is 72.8 Å². The van der Waals surface area contributed by atoms with Crippen LogP contribution in [-0.2, 0) is 4.79 Å². The smallest absolute Gasteiger partial charge is 0.305 e. The lowest BCUT2D eigenvalue weighted by Gasteiger charge is -2.33. The highest BCUT2D eigenvalue weighted by molar-refractivity contribution is 5.67. The minimum absolute atomic E-state index is 0.00194. The van der Waals surface area contributed by atoms with Gasteiger partial charge in [0.2, 0.25) is 0 Å². The fourth-order valence-electron chi connectivity index (χ4n) is 2.54. The molecule has 6 heteroatoms. The van der Waals surface area contributed by atoms with Crippen LogP contribution in [0, 0.1) is 11.7 Å². The van der Waals surface area contributed by atoms with Crippen LogP contribution in [0.4, 0.5) is 15.8 Å². The predicted molar refractivity (Wildman–Crippen MR) is 90.5 cm³/mol. The third kappa shape index (κ3) is 6.06. The maximum Gasteiger partial charge on any atom is 0.305 e. The summed E-state index contributed by atoms with van der Waals surface area (Å²) in [5, 5.41) is 20.6. The average Bonchev–Trinajstić information content (AvgIpc) is 2.57. The second-order valence-electron chi connectivity index (χ2n) is 5.35. The molecule has 1 aliphatic rings. The van der Waals surface area contributed by atoms with E-state index in [4.69, 9.17) is 10.2 Å². The summed E-state index contributed by atoms with van der Waals surface area (Å²) in [7, 11) is 0. The maximum absolute atomic E-state index is 14.2. The molecule has 0 bridgehead atoms. The minimum atomic E-state index is -0.883. The highest BCUT2D eigenvalue weighted by atomic mass is 19.1. The molecule has 5 nitrogen and oxygen atoms in total. The molecule has 0 amide bonds. The van der Waals surface area contributed by atoms with Gasteiger partial charge in [-0.05, 0) is 37.0 Å². The zero-order valence-electron chi connectivity index (χ0n) is 13.9. The number of hydrogen-bond acceptors (Lipinski definition) is 4. The molecule has 0 radical (unpaired) electrons. The summed E-state index contributed by atoms with van der Waals surface area (Å²) in [5.41, 5.74) is 1.15. The molecule has 0 saturated carbocycles. The molecule has 1 heterocycles. The monoisotopic (exact) mass is 326 g/mol. The molecule has 0 aromatic heterocycles. The minimum Gasteiger partial charge on any atom is -0.481 e. The first-order valence-corrected chi connectivity index (χ1v) is 8.21. The molecule has 0 spiro atoms. The summed E-state index contributed by atoms with van der Waals surface area (Å²) in [6.07, 6.45) is 1.74. The lowest BCUT2D eigenvalue weighted by atomic mass is 9.97. The van der Waals surface area contributed by atoms with E-state index >= 15 is 0 Å². The highest BCUT2D eigenvalue weighted by Crippen LogP contribution is 2.27. The van der Waals surface area contributed by atoms with E-state index in [1.54, 1.807) is 12.1 Å². The second kappa shape index (κ2) is 10.0. The Hall–Kier alpha value is -1.82. The first-order valence-electron chi connectivity index (χ1n) is 8.21. The highest BCUT2D eigenvalue weighted by Gasteiger charge is 2.20. The molecular formula is C17H27FN2O3. The molecule has 1 aliphatic heterocycles. The van der Waals surface area contributed by atoms with Gasteiger partial charge in [0.15, 0.2) is 0 Å². The van der Waals surface area contributed by atoms with Crippen LogP contribution in [0.15, 0.2) is 18.2 Å². The van der Waals surface area contributed by atoms with Crippen LogP contribution in [0.1, 0.15) is 33.1 Å². The summed E-state index contributed by atoms with van der Waals surface area (Å²) in [4.78, 5) is 12.4. The molecule has 1 aromatic carbocycles. The first-order chi connectivity index (χ1) is 11.1. The van der Waals surface area contributed by atoms with E-state index in [9.17, 15) is 9.18 Å². The second-order valence-corrected chi connectivity index (χ2v) is 5.35. The van der Waals surface area contributed by atoms with Gasteiger partial charge in [0.25, 0.3) is 0 Å². The van der Waals surface area contributed by atoms with Crippen molar-refractivity contribution in [2.45, 2.75) is 33.1 Å². The normalized spacial score (nSPS) is 14.9. The van der Waals surface area contributed by atoms with Gasteiger partial charge in [-0.25, -0.2) is 4.39 Å². The Morgan fingerprint density at radius 3 is 2.52 bits per heavy atom. The van der Waals surface area contributed by atoms with Gasteiger partial charge in [0.05, 0.1) is 12.1 Å². The molecule has 0 aliphatic carbocycles. The van der Waals surface area contributed by atoms with Crippen molar-refractivity contribution in [3.05, 3.63) is 24.0 Å². The lowest BCUT2D eigenvalue weighted by molar-refractivity contribution is -0.136. The number of anilines is 2. The van der Waals surface area contributed by atoms with Gasteiger partial charge in [-0.15, -0.1) is 0 Å². The largest absolute Gasteiger partial charge is 0.481 e. The number of hydrogen-bond donors (Lipinski definition) is 3. The van der Waals surface area contributed by atoms with Crippen molar-refractivity contribution < 1.29 is 19.4 Å². The SMILES string of the molecule is CC.O=C(O)CCNc1ccc(N2CCC(CO)CC2)c(F)c1. The van der Waals surface area contributed by atoms with Crippen LogP contribution in [0.25, 0.3) is 0 Å². The van der Waals surface area contributed by atoms with Gasteiger partial charge >= 0.3 is 5.97 Å². The zero-order chi connectivity index (χ0) is 17.2. The maximum atomic E-state index is 14.2. The van der Waals surface area contributed by atoms with Crippen LogP contribution in [0.2, 0.25) is 0 Å². The Kier molecular flexibility index (Phi) is 8.40. The van der Waals surface area contributed by atoms with Gasteiger partial charge in [-0.1, -0.05) is 13.8 Å². The lowest BCUT2D eigenvalue weighted by Crippen LogP contribution is -2.35. The fourth-order valence-corrected chi connectivity index (χ4v) is 2.54. The van der Waals surface area contributed by atoms with E-state index in [0.29, 0.717) is 17.3 Å². The van der Waals surface area contributed by atoms with Gasteiger partial charge in [0.1, 0.15) is 5.82 Å². The molecular weight excluding hydrogens is 299 g/mol. The quantitative estimate of drug-likeness (QED) is 0.749. The number of halogens is 1. The van der Waals surface area contributed by atoms with E-state index in [1.165, 1.54) is 6.07 Å². The number of aliphatic hydroxyl groups excluding tert-OH is 1. The molecule has 23 heavy (non-hydrogen) atoms. The number of rotatable bonds is 6. The molecule has 0 unspecified atom stereocenters. The van der Waals surface area contributed by atoms with E-state index in [-0.39, 0.29) is 25.4 Å². The van der Waals surface area contributed by atoms with Crippen molar-refractivity contribution in [3.8, 4) is 0 Å². The van der Waals surface area contributed by atoms with Crippen LogP contribution in [0.5, 0.6) is 0 Å². The number of nitrogens with zero attached hydrogens (tertiary/aromatic N) is 1. The van der Waals surface area contributed by atoms with Gasteiger partial charge in [0, 0.05) is 31.9 Å². The van der Waals surface area contributed by atoms with Crippen molar-refractivity contribution in [1.29, 1.82) is 0 Å². The molecule has 3 N–H and O–H groups in total. The average molecular weight is 326 g/mol. The molecule has 0 atom stereocenters. The Bertz CT molecular complexity index is 489. The predicted octanol–water partition coefficient (Wildman–Crippen LogP) is 2.95. The van der Waals surface area contributed by atoms with E-state index < -0.39 is 5.97 Å². The number of benzene rings is 1. The number of carboxylic acid groups (broad SMARTS) is 1. The summed E-state index contributed by atoms with van der Waals surface area (Å²) in [6, 6.07) is 4.88. The third-order valence-corrected chi connectivity index (χ3v) is 3.83. The Labute approximate surface area is 137 Å². The first kappa shape index (κ1) is 19.2. The van der Waals surface area contributed by atoms with Crippen molar-refractivity contribution in [3.63, 3.8) is 0 Å². The molecule has 1 aromatic rings.